The van der Waals surface area contributed by atoms with Gasteiger partial charge in [0.05, 0.1) is 12.6 Å². The molecule has 3 aromatic heterocycles. The van der Waals surface area contributed by atoms with Crippen molar-refractivity contribution in [3.05, 3.63) is 47.3 Å². The lowest BCUT2D eigenvalue weighted by molar-refractivity contribution is 0.102. The summed E-state index contributed by atoms with van der Waals surface area (Å²) in [6.07, 6.45) is 4.54. The molecule has 3 amide bonds. The molecule has 2 N–H and O–H groups in total. The third-order valence-corrected chi connectivity index (χ3v) is 6.37. The lowest BCUT2D eigenvalue weighted by Crippen LogP contribution is -2.44. The van der Waals surface area contributed by atoms with Crippen LogP contribution in [-0.4, -0.2) is 83.3 Å². The average Bonchev–Trinajstić information content (AvgIpc) is 3.60. The number of aliphatic hydroxyl groups is 1. The number of likely N-dealkylation sites (tertiary alicyclic amines) is 1. The summed E-state index contributed by atoms with van der Waals surface area (Å²) in [5.41, 5.74) is 2.70. The molecular weight excluding hydrogens is 450 g/mol. The molecule has 1 fully saturated rings. The van der Waals surface area contributed by atoms with Crippen molar-refractivity contribution in [2.24, 2.45) is 0 Å². The molecule has 0 radical (unpaired) electrons. The van der Waals surface area contributed by atoms with Crippen LogP contribution in [0.1, 0.15) is 47.4 Å². The molecule has 3 aromatic rings. The SMILES string of the molecule is C[C@H](CO)n1nnnc1-c1cccc(NC(=O)c2cc3c(cn2)CCN(C(=O)N2CCCC2)C3)n1. The first-order valence-electron chi connectivity index (χ1n) is 11.7. The van der Waals surface area contributed by atoms with Crippen molar-refractivity contribution in [2.45, 2.75) is 38.8 Å². The molecule has 5 heterocycles. The van der Waals surface area contributed by atoms with Crippen molar-refractivity contribution < 1.29 is 14.7 Å². The van der Waals surface area contributed by atoms with Gasteiger partial charge in [-0.1, -0.05) is 6.07 Å². The first-order valence-corrected chi connectivity index (χ1v) is 11.7. The van der Waals surface area contributed by atoms with Crippen LogP contribution in [0.2, 0.25) is 0 Å². The first kappa shape index (κ1) is 22.8. The normalized spacial score (nSPS) is 16.2. The Bertz CT molecular complexity index is 1240. The number of aromatic nitrogens is 6. The summed E-state index contributed by atoms with van der Waals surface area (Å²) in [4.78, 5) is 38.3. The number of tetrazole rings is 1. The van der Waals surface area contributed by atoms with Gasteiger partial charge < -0.3 is 20.2 Å². The Balaban J connectivity index is 1.31. The van der Waals surface area contributed by atoms with Gasteiger partial charge >= 0.3 is 6.03 Å². The van der Waals surface area contributed by atoms with E-state index in [4.69, 9.17) is 0 Å². The molecular formula is C23H27N9O3. The van der Waals surface area contributed by atoms with E-state index in [0.29, 0.717) is 36.8 Å². The number of hydrogen-bond acceptors (Lipinski definition) is 8. The van der Waals surface area contributed by atoms with E-state index in [1.54, 1.807) is 37.4 Å². The van der Waals surface area contributed by atoms with Gasteiger partial charge in [0, 0.05) is 32.4 Å². The number of rotatable bonds is 5. The van der Waals surface area contributed by atoms with Gasteiger partial charge in [-0.05, 0) is 65.9 Å². The van der Waals surface area contributed by atoms with Crippen molar-refractivity contribution in [2.75, 3.05) is 31.6 Å². The standard InChI is InChI=1S/C23H27N9O3/c1-15(14-33)32-21(27-28-29-32)18-5-4-6-20(25-18)26-22(34)19-11-17-13-31(10-7-16(17)12-24-19)23(35)30-8-2-3-9-30/h4-6,11-12,15,33H,2-3,7-10,13-14H2,1H3,(H,25,26,34)/t15-/m1/s1. The minimum absolute atomic E-state index is 0.0647. The van der Waals surface area contributed by atoms with Crippen LogP contribution in [0.3, 0.4) is 0 Å². The van der Waals surface area contributed by atoms with Crippen molar-refractivity contribution in [1.29, 1.82) is 0 Å². The van der Waals surface area contributed by atoms with Crippen molar-refractivity contribution in [3.63, 3.8) is 0 Å². The predicted molar refractivity (Wildman–Crippen MR) is 125 cm³/mol. The fourth-order valence-electron chi connectivity index (χ4n) is 4.38. The fourth-order valence-corrected chi connectivity index (χ4v) is 4.38. The van der Waals surface area contributed by atoms with E-state index in [1.165, 1.54) is 4.68 Å². The van der Waals surface area contributed by atoms with Gasteiger partial charge in [-0.25, -0.2) is 14.5 Å². The van der Waals surface area contributed by atoms with Crippen LogP contribution >= 0.6 is 0 Å². The Kier molecular flexibility index (Phi) is 6.36. The maximum Gasteiger partial charge on any atom is 0.320 e. The molecule has 0 saturated carbocycles. The molecule has 1 atom stereocenters. The van der Waals surface area contributed by atoms with Crippen molar-refractivity contribution >= 4 is 17.8 Å². The quantitative estimate of drug-likeness (QED) is 0.563. The van der Waals surface area contributed by atoms with Gasteiger partial charge in [0.25, 0.3) is 5.91 Å². The van der Waals surface area contributed by atoms with E-state index in [0.717, 1.165) is 37.1 Å². The van der Waals surface area contributed by atoms with Gasteiger partial charge in [0.1, 0.15) is 17.2 Å². The molecule has 2 aliphatic rings. The summed E-state index contributed by atoms with van der Waals surface area (Å²) in [5.74, 6) is 0.310. The van der Waals surface area contributed by atoms with Gasteiger partial charge in [-0.2, -0.15) is 0 Å². The number of carbonyl (C=O) groups is 2. The molecule has 2 aliphatic heterocycles. The van der Waals surface area contributed by atoms with E-state index in [1.807, 2.05) is 9.80 Å². The highest BCUT2D eigenvalue weighted by molar-refractivity contribution is 6.02. The van der Waals surface area contributed by atoms with Gasteiger partial charge in [0.15, 0.2) is 0 Å². The average molecular weight is 478 g/mol. The molecule has 5 rings (SSSR count). The van der Waals surface area contributed by atoms with Crippen LogP contribution < -0.4 is 5.32 Å². The number of nitrogens with zero attached hydrogens (tertiary/aromatic N) is 8. The lowest BCUT2D eigenvalue weighted by atomic mass is 10.0. The Labute approximate surface area is 202 Å². The van der Waals surface area contributed by atoms with Crippen LogP contribution in [0.5, 0.6) is 0 Å². The Hall–Kier alpha value is -3.93. The van der Waals surface area contributed by atoms with Crippen LogP contribution in [-0.2, 0) is 13.0 Å². The molecule has 12 heteroatoms. The van der Waals surface area contributed by atoms with Crippen LogP contribution in [0.4, 0.5) is 10.6 Å². The van der Waals surface area contributed by atoms with Crippen molar-refractivity contribution in [1.82, 2.24) is 40.0 Å². The van der Waals surface area contributed by atoms with Crippen molar-refractivity contribution in [3.8, 4) is 11.5 Å². The fraction of sp³-hybridized carbons (Fsp3) is 0.435. The van der Waals surface area contributed by atoms with Gasteiger partial charge in [0.2, 0.25) is 5.82 Å². The van der Waals surface area contributed by atoms with Crippen LogP contribution in [0, 0.1) is 0 Å². The second kappa shape index (κ2) is 9.74. The summed E-state index contributed by atoms with van der Waals surface area (Å²) in [6.45, 7) is 4.40. The number of aliphatic hydroxyl groups excluding tert-OH is 1. The predicted octanol–water partition coefficient (Wildman–Crippen LogP) is 1.51. The first-order chi connectivity index (χ1) is 17.0. The van der Waals surface area contributed by atoms with Gasteiger partial charge in [-0.15, -0.1) is 5.10 Å². The third-order valence-electron chi connectivity index (χ3n) is 6.37. The second-order valence-electron chi connectivity index (χ2n) is 8.83. The monoisotopic (exact) mass is 477 g/mol. The van der Waals surface area contributed by atoms with Gasteiger partial charge in [-0.3, -0.25) is 9.78 Å². The molecule has 1 saturated heterocycles. The van der Waals surface area contributed by atoms with E-state index < -0.39 is 5.91 Å². The summed E-state index contributed by atoms with van der Waals surface area (Å²) < 4.78 is 1.48. The number of nitrogens with one attached hydrogen (secondary N) is 1. The number of amides is 3. The molecule has 12 nitrogen and oxygen atoms in total. The zero-order chi connectivity index (χ0) is 24.4. The number of urea groups is 1. The molecule has 0 aliphatic carbocycles. The number of carbonyl (C=O) groups excluding carboxylic acids is 2. The zero-order valence-electron chi connectivity index (χ0n) is 19.5. The highest BCUT2D eigenvalue weighted by Gasteiger charge is 2.27. The number of pyridine rings is 2. The number of fused-ring (bicyclic) bond motifs is 1. The summed E-state index contributed by atoms with van der Waals surface area (Å²) in [6, 6.07) is 6.63. The van der Waals surface area contributed by atoms with E-state index in [-0.39, 0.29) is 24.4 Å². The molecule has 0 unspecified atom stereocenters. The van der Waals surface area contributed by atoms with Crippen LogP contribution in [0.25, 0.3) is 11.5 Å². The number of anilines is 1. The molecule has 182 valence electrons. The van der Waals surface area contributed by atoms with E-state index >= 15 is 0 Å². The zero-order valence-corrected chi connectivity index (χ0v) is 19.5. The molecule has 0 bridgehead atoms. The van der Waals surface area contributed by atoms with E-state index in [2.05, 4.69) is 30.8 Å². The lowest BCUT2D eigenvalue weighted by Gasteiger charge is -2.32. The highest BCUT2D eigenvalue weighted by Crippen LogP contribution is 2.23. The molecule has 35 heavy (non-hydrogen) atoms. The Morgan fingerprint density at radius 3 is 2.77 bits per heavy atom. The number of hydrogen-bond donors (Lipinski definition) is 2. The van der Waals surface area contributed by atoms with E-state index in [9.17, 15) is 14.7 Å². The molecule has 0 aromatic carbocycles. The molecule has 0 spiro atoms. The Morgan fingerprint density at radius 1 is 1.14 bits per heavy atom. The highest BCUT2D eigenvalue weighted by atomic mass is 16.3. The third kappa shape index (κ3) is 4.69. The van der Waals surface area contributed by atoms with Crippen LogP contribution in [0.15, 0.2) is 30.5 Å². The summed E-state index contributed by atoms with van der Waals surface area (Å²) >= 11 is 0. The summed E-state index contributed by atoms with van der Waals surface area (Å²) in [7, 11) is 0. The smallest absolute Gasteiger partial charge is 0.320 e. The maximum absolute atomic E-state index is 13.0. The largest absolute Gasteiger partial charge is 0.394 e. The minimum atomic E-state index is -0.399. The topological polar surface area (TPSA) is 142 Å². The minimum Gasteiger partial charge on any atom is -0.394 e. The Morgan fingerprint density at radius 2 is 1.97 bits per heavy atom. The second-order valence-corrected chi connectivity index (χ2v) is 8.83. The summed E-state index contributed by atoms with van der Waals surface area (Å²) in [5, 5.41) is 23.8. The maximum atomic E-state index is 13.0.